The summed E-state index contributed by atoms with van der Waals surface area (Å²) in [6.45, 7) is 2.47. The molecule has 2 unspecified atom stereocenters. The third kappa shape index (κ3) is 5.41. The summed E-state index contributed by atoms with van der Waals surface area (Å²) in [7, 11) is 0.627. The van der Waals surface area contributed by atoms with Gasteiger partial charge in [-0.25, -0.2) is 13.1 Å². The van der Waals surface area contributed by atoms with Gasteiger partial charge in [0, 0.05) is 12.5 Å². The standard InChI is InChI=1S/C11H16ClF3NO3S2/c1-7(6-11(13,14)15)10(8(2)17)16-21(18,19)9-4-3-5-20(9)12/h3-5,7-8,10,16-17H,6H2,1-2H3/q+1/t7-,8?,10+,20?/m1/s1. The molecular weight excluding hydrogens is 351 g/mol. The first-order valence-electron chi connectivity index (χ1n) is 5.99. The minimum atomic E-state index is -4.44. The first kappa shape index (κ1) is 18.7. The highest BCUT2D eigenvalue weighted by Gasteiger charge is 2.38. The van der Waals surface area contributed by atoms with E-state index in [1.165, 1.54) is 31.4 Å². The number of thiophene rings is 1. The van der Waals surface area contributed by atoms with E-state index in [4.69, 9.17) is 10.7 Å². The molecule has 1 aromatic rings. The van der Waals surface area contributed by atoms with E-state index in [1.807, 2.05) is 0 Å². The molecule has 21 heavy (non-hydrogen) atoms. The maximum absolute atomic E-state index is 12.4. The fourth-order valence-electron chi connectivity index (χ4n) is 1.93. The van der Waals surface area contributed by atoms with Crippen LogP contribution in [-0.2, 0) is 10.0 Å². The average molecular weight is 367 g/mol. The molecule has 0 spiro atoms. The van der Waals surface area contributed by atoms with Crippen LogP contribution in [-0.4, -0.2) is 31.8 Å². The van der Waals surface area contributed by atoms with Crippen LogP contribution in [0.2, 0.25) is 0 Å². The minimum Gasteiger partial charge on any atom is -0.392 e. The molecule has 4 atom stereocenters. The lowest BCUT2D eigenvalue weighted by Crippen LogP contribution is -2.47. The van der Waals surface area contributed by atoms with Gasteiger partial charge in [-0.1, -0.05) is 6.92 Å². The maximum atomic E-state index is 12.4. The summed E-state index contributed by atoms with van der Waals surface area (Å²) in [5, 5.41) is 11.1. The lowest BCUT2D eigenvalue weighted by Gasteiger charge is -2.27. The molecule has 0 aromatic carbocycles. The molecule has 10 heteroatoms. The van der Waals surface area contributed by atoms with Gasteiger partial charge in [0.2, 0.25) is 10.7 Å². The van der Waals surface area contributed by atoms with Gasteiger partial charge in [-0.05, 0) is 18.9 Å². The zero-order valence-electron chi connectivity index (χ0n) is 11.3. The predicted molar refractivity (Wildman–Crippen MR) is 75.8 cm³/mol. The van der Waals surface area contributed by atoms with Crippen LogP contribution < -0.4 is 4.72 Å². The van der Waals surface area contributed by atoms with Crippen molar-refractivity contribution in [2.24, 2.45) is 5.92 Å². The average Bonchev–Trinajstić information content (AvgIpc) is 2.70. The number of aliphatic hydroxyl groups excluding tert-OH is 1. The van der Waals surface area contributed by atoms with Gasteiger partial charge in [0.15, 0.2) is 5.38 Å². The van der Waals surface area contributed by atoms with E-state index in [0.29, 0.717) is 0 Å². The molecule has 1 rings (SSSR count). The van der Waals surface area contributed by atoms with E-state index in [1.54, 1.807) is 0 Å². The molecule has 0 radical (unpaired) electrons. The number of alkyl halides is 3. The van der Waals surface area contributed by atoms with Crippen LogP contribution in [0, 0.1) is 5.92 Å². The molecule has 0 aliphatic carbocycles. The Morgan fingerprint density at radius 2 is 2.00 bits per heavy atom. The molecular formula is C11H16ClF3NO3S2+. The molecule has 0 aliphatic rings. The second-order valence-corrected chi connectivity index (χ2v) is 9.00. The molecule has 0 bridgehead atoms. The fourth-order valence-corrected chi connectivity index (χ4v) is 5.88. The van der Waals surface area contributed by atoms with E-state index in [0.717, 1.165) is 0 Å². The van der Waals surface area contributed by atoms with Crippen LogP contribution in [0.5, 0.6) is 0 Å². The van der Waals surface area contributed by atoms with Gasteiger partial charge in [0.05, 0.1) is 12.1 Å². The van der Waals surface area contributed by atoms with Crippen molar-refractivity contribution in [1.29, 1.82) is 0 Å². The number of rotatable bonds is 6. The molecule has 0 amide bonds. The molecule has 0 saturated heterocycles. The minimum absolute atomic E-state index is 0.117. The number of sulfonamides is 1. The Hall–Kier alpha value is -0.350. The zero-order valence-corrected chi connectivity index (χ0v) is 13.7. The normalized spacial score (nSPS) is 18.3. The fraction of sp³-hybridized carbons (Fsp3) is 0.636. The van der Waals surface area contributed by atoms with Crippen molar-refractivity contribution in [3.05, 3.63) is 17.5 Å². The smallest absolute Gasteiger partial charge is 0.389 e. The maximum Gasteiger partial charge on any atom is 0.389 e. The lowest BCUT2D eigenvalue weighted by atomic mass is 9.95. The van der Waals surface area contributed by atoms with Crippen molar-refractivity contribution in [2.45, 2.75) is 42.8 Å². The van der Waals surface area contributed by atoms with E-state index in [9.17, 15) is 26.7 Å². The quantitative estimate of drug-likeness (QED) is 0.760. The van der Waals surface area contributed by atoms with Crippen LogP contribution in [0.1, 0.15) is 20.3 Å². The Morgan fingerprint density at radius 1 is 1.43 bits per heavy atom. The topological polar surface area (TPSA) is 66.4 Å². The molecule has 122 valence electrons. The third-order valence-corrected chi connectivity index (χ3v) is 7.31. The van der Waals surface area contributed by atoms with Crippen molar-refractivity contribution >= 4 is 30.4 Å². The Labute approximate surface area is 128 Å². The number of hydrogen-bond donors (Lipinski definition) is 2. The first-order valence-corrected chi connectivity index (χ1v) is 9.59. The van der Waals surface area contributed by atoms with Crippen molar-refractivity contribution in [3.8, 4) is 0 Å². The molecule has 0 saturated carbocycles. The third-order valence-electron chi connectivity index (χ3n) is 2.86. The summed E-state index contributed by atoms with van der Waals surface area (Å²) in [6, 6.07) is 1.49. The molecule has 1 heterocycles. The van der Waals surface area contributed by atoms with Crippen LogP contribution in [0.4, 0.5) is 13.2 Å². The van der Waals surface area contributed by atoms with Crippen LogP contribution in [0.3, 0.4) is 0 Å². The lowest BCUT2D eigenvalue weighted by molar-refractivity contribution is -0.146. The molecule has 1 aromatic heterocycles. The highest BCUT2D eigenvalue weighted by molar-refractivity contribution is 7.94. The van der Waals surface area contributed by atoms with E-state index in [2.05, 4.69) is 4.72 Å². The zero-order chi connectivity index (χ0) is 16.4. The van der Waals surface area contributed by atoms with E-state index in [-0.39, 0.29) is 4.21 Å². The van der Waals surface area contributed by atoms with Crippen molar-refractivity contribution < 1.29 is 26.7 Å². The van der Waals surface area contributed by atoms with Crippen molar-refractivity contribution in [3.63, 3.8) is 0 Å². The molecule has 0 fully saturated rings. The Bertz CT molecular complexity index is 572. The highest BCUT2D eigenvalue weighted by Crippen LogP contribution is 2.34. The number of nitrogens with one attached hydrogen (secondary N) is 1. The van der Waals surface area contributed by atoms with Gasteiger partial charge in [-0.3, -0.25) is 0 Å². The van der Waals surface area contributed by atoms with Crippen LogP contribution in [0.25, 0.3) is 0 Å². The van der Waals surface area contributed by atoms with Gasteiger partial charge in [0.1, 0.15) is 9.68 Å². The molecule has 0 aliphatic heterocycles. The summed E-state index contributed by atoms with van der Waals surface area (Å²) < 4.78 is 63.6. The number of aliphatic hydroxyl groups is 1. The second-order valence-electron chi connectivity index (χ2n) is 4.78. The Balaban J connectivity index is 2.96. The number of hydrogen-bond acceptors (Lipinski definition) is 3. The SMILES string of the molecule is CC(O)[C@@H](NS(=O)(=O)c1ccc[s+]1Cl)[C@H](C)CC(F)(F)F. The van der Waals surface area contributed by atoms with Gasteiger partial charge >= 0.3 is 6.18 Å². The van der Waals surface area contributed by atoms with E-state index < -0.39 is 50.4 Å². The first-order chi connectivity index (χ1) is 9.44. The van der Waals surface area contributed by atoms with Gasteiger partial charge in [-0.15, -0.1) is 0 Å². The summed E-state index contributed by atoms with van der Waals surface area (Å²) in [5.41, 5.74) is 0. The highest BCUT2D eigenvalue weighted by atomic mass is 35.7. The van der Waals surface area contributed by atoms with Gasteiger partial charge < -0.3 is 5.11 Å². The summed E-state index contributed by atoms with van der Waals surface area (Å²) in [5.74, 6) is -1.12. The summed E-state index contributed by atoms with van der Waals surface area (Å²) >= 11 is 0. The van der Waals surface area contributed by atoms with Crippen molar-refractivity contribution in [2.75, 3.05) is 0 Å². The van der Waals surface area contributed by atoms with E-state index >= 15 is 0 Å². The number of halogens is 4. The van der Waals surface area contributed by atoms with Crippen LogP contribution in [0.15, 0.2) is 21.7 Å². The predicted octanol–water partition coefficient (Wildman–Crippen LogP) is 3.05. The summed E-state index contributed by atoms with van der Waals surface area (Å²) in [6.07, 6.45) is -6.91. The van der Waals surface area contributed by atoms with Crippen LogP contribution >= 0.6 is 20.4 Å². The Kier molecular flexibility index (Phi) is 6.08. The van der Waals surface area contributed by atoms with Gasteiger partial charge in [-0.2, -0.15) is 13.2 Å². The molecule has 4 nitrogen and oxygen atoms in total. The Morgan fingerprint density at radius 3 is 2.38 bits per heavy atom. The molecule has 2 N–H and O–H groups in total. The largest absolute Gasteiger partial charge is 0.392 e. The van der Waals surface area contributed by atoms with Gasteiger partial charge in [0.25, 0.3) is 14.2 Å². The van der Waals surface area contributed by atoms with Crippen molar-refractivity contribution in [1.82, 2.24) is 4.72 Å². The second kappa shape index (κ2) is 6.82. The monoisotopic (exact) mass is 366 g/mol. The summed E-state index contributed by atoms with van der Waals surface area (Å²) in [4.78, 5) is 0.